The molecule has 0 spiro atoms. The van der Waals surface area contributed by atoms with Crippen molar-refractivity contribution in [2.75, 3.05) is 33.3 Å². The van der Waals surface area contributed by atoms with Gasteiger partial charge in [0, 0.05) is 32.5 Å². The first-order valence-electron chi connectivity index (χ1n) is 8.21. The van der Waals surface area contributed by atoms with Gasteiger partial charge in [-0.25, -0.2) is 0 Å². The van der Waals surface area contributed by atoms with Crippen LogP contribution in [-0.4, -0.2) is 64.9 Å². The molecule has 1 aliphatic rings. The minimum atomic E-state index is 0.0597. The molecule has 1 amide bonds. The third kappa shape index (κ3) is 4.46. The lowest BCUT2D eigenvalue weighted by Gasteiger charge is -2.33. The van der Waals surface area contributed by atoms with E-state index in [1.54, 1.807) is 11.1 Å². The van der Waals surface area contributed by atoms with Crippen molar-refractivity contribution < 1.29 is 13.9 Å². The Balaban J connectivity index is 1.48. The number of carbonyl (C=O) groups excluding carboxylic acids is 1. The second-order valence-electron chi connectivity index (χ2n) is 6.22. The van der Waals surface area contributed by atoms with E-state index < -0.39 is 0 Å². The quantitative estimate of drug-likeness (QED) is 0.794. The lowest BCUT2D eigenvalue weighted by Crippen LogP contribution is -2.48. The van der Waals surface area contributed by atoms with Crippen LogP contribution in [0.5, 0.6) is 0 Å². The standard InChI is InChI=1S/C17H24N4O3/c1-14-4-5-15(24-14)10-19(2)17(22)13-20-8-9-23-16(11-20)12-21-7-3-6-18-21/h3-7,16H,8-13H2,1-2H3/t16-/m0/s1. The molecule has 0 bridgehead atoms. The van der Waals surface area contributed by atoms with Crippen LogP contribution in [0.2, 0.25) is 0 Å². The maximum atomic E-state index is 12.4. The van der Waals surface area contributed by atoms with Crippen LogP contribution in [0, 0.1) is 6.92 Å². The van der Waals surface area contributed by atoms with Crippen LogP contribution < -0.4 is 0 Å². The second kappa shape index (κ2) is 7.63. The molecule has 0 radical (unpaired) electrons. The Labute approximate surface area is 141 Å². The lowest BCUT2D eigenvalue weighted by atomic mass is 10.2. The van der Waals surface area contributed by atoms with E-state index in [2.05, 4.69) is 10.00 Å². The summed E-state index contributed by atoms with van der Waals surface area (Å²) in [4.78, 5) is 16.3. The van der Waals surface area contributed by atoms with Crippen LogP contribution in [0.1, 0.15) is 11.5 Å². The third-order valence-electron chi connectivity index (χ3n) is 4.15. The van der Waals surface area contributed by atoms with E-state index in [-0.39, 0.29) is 12.0 Å². The van der Waals surface area contributed by atoms with Crippen LogP contribution in [-0.2, 0) is 22.6 Å². The van der Waals surface area contributed by atoms with Gasteiger partial charge < -0.3 is 14.1 Å². The fraction of sp³-hybridized carbons (Fsp3) is 0.529. The first-order valence-corrected chi connectivity index (χ1v) is 8.21. The second-order valence-corrected chi connectivity index (χ2v) is 6.22. The molecule has 130 valence electrons. The van der Waals surface area contributed by atoms with Crippen LogP contribution in [0.25, 0.3) is 0 Å². The van der Waals surface area contributed by atoms with Crippen LogP contribution in [0.15, 0.2) is 35.0 Å². The summed E-state index contributed by atoms with van der Waals surface area (Å²) in [7, 11) is 1.81. The average Bonchev–Trinajstić information content (AvgIpc) is 3.19. The van der Waals surface area contributed by atoms with E-state index in [0.717, 1.165) is 24.6 Å². The molecule has 0 unspecified atom stereocenters. The molecular formula is C17H24N4O3. The Morgan fingerprint density at radius 2 is 2.33 bits per heavy atom. The first kappa shape index (κ1) is 16.7. The van der Waals surface area contributed by atoms with Gasteiger partial charge in [0.05, 0.1) is 32.3 Å². The van der Waals surface area contributed by atoms with E-state index in [9.17, 15) is 4.79 Å². The van der Waals surface area contributed by atoms with E-state index in [1.807, 2.05) is 43.0 Å². The normalized spacial score (nSPS) is 18.7. The molecule has 2 aromatic rings. The molecule has 1 atom stereocenters. The highest BCUT2D eigenvalue weighted by Crippen LogP contribution is 2.11. The topological polar surface area (TPSA) is 63.7 Å². The van der Waals surface area contributed by atoms with Gasteiger partial charge in [-0.1, -0.05) is 0 Å². The summed E-state index contributed by atoms with van der Waals surface area (Å²) < 4.78 is 13.2. The van der Waals surface area contributed by atoms with Crippen LogP contribution in [0.3, 0.4) is 0 Å². The highest BCUT2D eigenvalue weighted by molar-refractivity contribution is 5.77. The first-order chi connectivity index (χ1) is 11.6. The Hall–Kier alpha value is -2.12. The van der Waals surface area contributed by atoms with Crippen molar-refractivity contribution in [3.05, 3.63) is 42.1 Å². The highest BCUT2D eigenvalue weighted by atomic mass is 16.5. The Kier molecular flexibility index (Phi) is 5.32. The fourth-order valence-corrected chi connectivity index (χ4v) is 2.86. The summed E-state index contributed by atoms with van der Waals surface area (Å²) in [6, 6.07) is 5.72. The SMILES string of the molecule is Cc1ccc(CN(C)C(=O)CN2CCO[C@H](Cn3cccn3)C2)o1. The number of hydrogen-bond acceptors (Lipinski definition) is 5. The number of aryl methyl sites for hydroxylation is 1. The van der Waals surface area contributed by atoms with E-state index in [0.29, 0.717) is 26.2 Å². The number of rotatable bonds is 6. The Bertz CT molecular complexity index is 653. The zero-order valence-electron chi connectivity index (χ0n) is 14.2. The summed E-state index contributed by atoms with van der Waals surface area (Å²) >= 11 is 0. The van der Waals surface area contributed by atoms with Gasteiger partial charge in [0.25, 0.3) is 0 Å². The van der Waals surface area contributed by atoms with Gasteiger partial charge in [-0.15, -0.1) is 0 Å². The molecule has 3 rings (SSSR count). The smallest absolute Gasteiger partial charge is 0.236 e. The Morgan fingerprint density at radius 1 is 1.46 bits per heavy atom. The number of morpholine rings is 1. The summed E-state index contributed by atoms with van der Waals surface area (Å²) in [5, 5.41) is 4.21. The molecule has 0 aromatic carbocycles. The third-order valence-corrected chi connectivity index (χ3v) is 4.15. The van der Waals surface area contributed by atoms with Crippen molar-refractivity contribution in [1.29, 1.82) is 0 Å². The van der Waals surface area contributed by atoms with Gasteiger partial charge in [0.1, 0.15) is 11.5 Å². The fourth-order valence-electron chi connectivity index (χ4n) is 2.86. The summed E-state index contributed by atoms with van der Waals surface area (Å²) in [6.07, 6.45) is 3.74. The predicted molar refractivity (Wildman–Crippen MR) is 88.3 cm³/mol. The number of furan rings is 1. The summed E-state index contributed by atoms with van der Waals surface area (Å²) in [5.41, 5.74) is 0. The number of carbonyl (C=O) groups is 1. The molecule has 7 nitrogen and oxygen atoms in total. The van der Waals surface area contributed by atoms with Gasteiger partial charge in [0.2, 0.25) is 5.91 Å². The van der Waals surface area contributed by atoms with Gasteiger partial charge in [-0.3, -0.25) is 14.4 Å². The predicted octanol–water partition coefficient (Wildman–Crippen LogP) is 1.14. The molecule has 7 heteroatoms. The van der Waals surface area contributed by atoms with Gasteiger partial charge in [-0.05, 0) is 25.1 Å². The number of likely N-dealkylation sites (N-methyl/N-ethyl adjacent to an activating group) is 1. The highest BCUT2D eigenvalue weighted by Gasteiger charge is 2.24. The minimum Gasteiger partial charge on any atom is -0.464 e. The maximum Gasteiger partial charge on any atom is 0.236 e. The van der Waals surface area contributed by atoms with Crippen LogP contribution >= 0.6 is 0 Å². The number of ether oxygens (including phenoxy) is 1. The molecule has 1 fully saturated rings. The maximum absolute atomic E-state index is 12.4. The number of nitrogens with zero attached hydrogens (tertiary/aromatic N) is 4. The molecule has 24 heavy (non-hydrogen) atoms. The van der Waals surface area contributed by atoms with Crippen molar-refractivity contribution in [2.45, 2.75) is 26.1 Å². The zero-order valence-corrected chi connectivity index (χ0v) is 14.2. The summed E-state index contributed by atoms with van der Waals surface area (Å²) in [5.74, 6) is 1.76. The van der Waals surface area contributed by atoms with E-state index in [4.69, 9.17) is 9.15 Å². The number of hydrogen-bond donors (Lipinski definition) is 0. The molecule has 0 aliphatic carbocycles. The molecule has 1 saturated heterocycles. The van der Waals surface area contributed by atoms with Crippen molar-refractivity contribution in [2.24, 2.45) is 0 Å². The molecule has 1 aliphatic heterocycles. The monoisotopic (exact) mass is 332 g/mol. The Morgan fingerprint density at radius 3 is 3.04 bits per heavy atom. The van der Waals surface area contributed by atoms with Gasteiger partial charge in [0.15, 0.2) is 0 Å². The van der Waals surface area contributed by atoms with Crippen molar-refractivity contribution in [1.82, 2.24) is 19.6 Å². The van der Waals surface area contributed by atoms with Crippen LogP contribution in [0.4, 0.5) is 0 Å². The molecule has 3 heterocycles. The minimum absolute atomic E-state index is 0.0597. The zero-order chi connectivity index (χ0) is 16.9. The molecule has 0 saturated carbocycles. The lowest BCUT2D eigenvalue weighted by molar-refractivity contribution is -0.134. The molecular weight excluding hydrogens is 308 g/mol. The molecule has 0 N–H and O–H groups in total. The van der Waals surface area contributed by atoms with E-state index in [1.165, 1.54) is 0 Å². The molecule has 2 aromatic heterocycles. The van der Waals surface area contributed by atoms with Crippen molar-refractivity contribution in [3.8, 4) is 0 Å². The van der Waals surface area contributed by atoms with Crippen molar-refractivity contribution >= 4 is 5.91 Å². The number of amides is 1. The van der Waals surface area contributed by atoms with Gasteiger partial charge >= 0.3 is 0 Å². The average molecular weight is 332 g/mol. The van der Waals surface area contributed by atoms with Crippen molar-refractivity contribution in [3.63, 3.8) is 0 Å². The van der Waals surface area contributed by atoms with Gasteiger partial charge in [-0.2, -0.15) is 5.10 Å². The van der Waals surface area contributed by atoms with E-state index >= 15 is 0 Å². The number of aromatic nitrogens is 2. The summed E-state index contributed by atoms with van der Waals surface area (Å²) in [6.45, 7) is 5.65. The largest absolute Gasteiger partial charge is 0.464 e.